The third kappa shape index (κ3) is 3.77. The highest BCUT2D eigenvalue weighted by Gasteiger charge is 2.53. The van der Waals surface area contributed by atoms with Crippen molar-refractivity contribution in [3.05, 3.63) is 107 Å². The zero-order chi connectivity index (χ0) is 24.4. The van der Waals surface area contributed by atoms with Gasteiger partial charge >= 0.3 is 6.03 Å². The quantitative estimate of drug-likeness (QED) is 0.311. The molecule has 0 bridgehead atoms. The Bertz CT molecular complexity index is 1220. The Labute approximate surface area is 202 Å². The zero-order valence-corrected chi connectivity index (χ0v) is 18.8. The summed E-state index contributed by atoms with van der Waals surface area (Å²) in [7, 11) is 0. The second kappa shape index (κ2) is 9.15. The number of carbonyl (C=O) groups is 4. The fourth-order valence-electron chi connectivity index (χ4n) is 4.57. The van der Waals surface area contributed by atoms with Crippen LogP contribution in [0.5, 0.6) is 0 Å². The Morgan fingerprint density at radius 3 is 1.60 bits per heavy atom. The van der Waals surface area contributed by atoms with Crippen molar-refractivity contribution in [1.82, 2.24) is 15.1 Å². The molecule has 2 aliphatic rings. The van der Waals surface area contributed by atoms with Crippen LogP contribution in [-0.4, -0.2) is 59.9 Å². The molecule has 1 N–H and O–H groups in total. The molecule has 0 saturated carbocycles. The maximum atomic E-state index is 13.6. The molecule has 3 aromatic rings. The van der Waals surface area contributed by atoms with E-state index in [1.807, 2.05) is 60.7 Å². The van der Waals surface area contributed by atoms with E-state index in [1.165, 1.54) is 0 Å². The maximum Gasteiger partial charge on any atom is 0.325 e. The number of imide groups is 2. The number of ether oxygens (including phenoxy) is 1. The van der Waals surface area contributed by atoms with Crippen molar-refractivity contribution in [2.75, 3.05) is 26.3 Å². The van der Waals surface area contributed by atoms with Gasteiger partial charge in [0.05, 0.1) is 37.4 Å². The van der Waals surface area contributed by atoms with Crippen LogP contribution in [0.3, 0.4) is 0 Å². The van der Waals surface area contributed by atoms with Crippen LogP contribution in [0.2, 0.25) is 0 Å². The van der Waals surface area contributed by atoms with E-state index in [0.29, 0.717) is 22.3 Å². The predicted molar refractivity (Wildman–Crippen MR) is 127 cm³/mol. The van der Waals surface area contributed by atoms with Gasteiger partial charge in [0.25, 0.3) is 17.7 Å². The van der Waals surface area contributed by atoms with E-state index in [0.717, 1.165) is 9.80 Å². The van der Waals surface area contributed by atoms with Crippen LogP contribution in [0.15, 0.2) is 84.9 Å². The first-order valence-corrected chi connectivity index (χ1v) is 11.3. The molecule has 8 nitrogen and oxygen atoms in total. The predicted octanol–water partition coefficient (Wildman–Crippen LogP) is 2.79. The number of amides is 5. The molecule has 5 amide bonds. The number of nitrogens with one attached hydrogen (secondary N) is 1. The molecule has 176 valence electrons. The molecule has 0 radical (unpaired) electrons. The van der Waals surface area contributed by atoms with Crippen molar-refractivity contribution in [1.29, 1.82) is 0 Å². The number of rotatable bonds is 8. The van der Waals surface area contributed by atoms with Crippen LogP contribution in [0.25, 0.3) is 0 Å². The molecule has 1 saturated heterocycles. The number of urea groups is 1. The standard InChI is InChI=1S/C27H23N3O5/c31-23-21-13-7-8-14-22(21)24(32)29(23)15-17-35-18-16-30-25(33)27(28-26(30)34,19-9-3-1-4-10-19)20-11-5-2-6-12-20/h1-14H,15-18H2,(H,28,34). The lowest BCUT2D eigenvalue weighted by Gasteiger charge is -2.28. The molecule has 2 aliphatic heterocycles. The third-order valence-corrected chi connectivity index (χ3v) is 6.32. The Morgan fingerprint density at radius 1 is 0.629 bits per heavy atom. The minimum Gasteiger partial charge on any atom is -0.378 e. The largest absolute Gasteiger partial charge is 0.378 e. The Hall–Kier alpha value is -4.30. The van der Waals surface area contributed by atoms with Crippen LogP contribution < -0.4 is 5.32 Å². The number of fused-ring (bicyclic) bond motifs is 1. The summed E-state index contributed by atoms with van der Waals surface area (Å²) in [6.45, 7) is 0.290. The average Bonchev–Trinajstić information content (AvgIpc) is 3.30. The van der Waals surface area contributed by atoms with E-state index in [-0.39, 0.29) is 44.0 Å². The molecule has 5 rings (SSSR count). The van der Waals surface area contributed by atoms with Crippen molar-refractivity contribution in [2.45, 2.75) is 5.54 Å². The Balaban J connectivity index is 1.23. The van der Waals surface area contributed by atoms with E-state index in [1.54, 1.807) is 24.3 Å². The second-order valence-corrected chi connectivity index (χ2v) is 8.29. The van der Waals surface area contributed by atoms with Gasteiger partial charge in [-0.25, -0.2) is 4.79 Å². The lowest BCUT2D eigenvalue weighted by Crippen LogP contribution is -2.45. The van der Waals surface area contributed by atoms with Crippen LogP contribution in [0.4, 0.5) is 4.79 Å². The summed E-state index contributed by atoms with van der Waals surface area (Å²) >= 11 is 0. The van der Waals surface area contributed by atoms with Gasteiger partial charge in [-0.2, -0.15) is 0 Å². The van der Waals surface area contributed by atoms with Crippen LogP contribution in [-0.2, 0) is 15.1 Å². The fraction of sp³-hybridized carbons (Fsp3) is 0.185. The first-order chi connectivity index (χ1) is 17.0. The van der Waals surface area contributed by atoms with Gasteiger partial charge in [0.15, 0.2) is 5.54 Å². The highest BCUT2D eigenvalue weighted by atomic mass is 16.5. The summed E-state index contributed by atoms with van der Waals surface area (Å²) < 4.78 is 5.61. The molecule has 0 spiro atoms. The summed E-state index contributed by atoms with van der Waals surface area (Å²) in [5.41, 5.74) is 0.780. The SMILES string of the molecule is O=C1NC(c2ccccc2)(c2ccccc2)C(=O)N1CCOCCN1C(=O)c2ccccc2C1=O. The molecule has 2 heterocycles. The first-order valence-electron chi connectivity index (χ1n) is 11.3. The number of nitrogens with zero attached hydrogens (tertiary/aromatic N) is 2. The molecule has 35 heavy (non-hydrogen) atoms. The van der Waals surface area contributed by atoms with Gasteiger partial charge in [0.1, 0.15) is 0 Å². The zero-order valence-electron chi connectivity index (χ0n) is 18.8. The molecule has 8 heteroatoms. The Morgan fingerprint density at radius 2 is 1.09 bits per heavy atom. The topological polar surface area (TPSA) is 96.0 Å². The van der Waals surface area contributed by atoms with Crippen molar-refractivity contribution in [3.8, 4) is 0 Å². The van der Waals surface area contributed by atoms with Crippen LogP contribution >= 0.6 is 0 Å². The lowest BCUT2D eigenvalue weighted by atomic mass is 9.82. The van der Waals surface area contributed by atoms with Gasteiger partial charge in [-0.15, -0.1) is 0 Å². The monoisotopic (exact) mass is 469 g/mol. The van der Waals surface area contributed by atoms with Gasteiger partial charge in [0.2, 0.25) is 0 Å². The fourth-order valence-corrected chi connectivity index (χ4v) is 4.57. The average molecular weight is 469 g/mol. The summed E-state index contributed by atoms with van der Waals surface area (Å²) in [4.78, 5) is 53.7. The molecule has 0 aliphatic carbocycles. The molecule has 3 aromatic carbocycles. The van der Waals surface area contributed by atoms with Gasteiger partial charge in [-0.05, 0) is 23.3 Å². The third-order valence-electron chi connectivity index (χ3n) is 6.32. The first kappa shape index (κ1) is 22.5. The van der Waals surface area contributed by atoms with Crippen LogP contribution in [0, 0.1) is 0 Å². The van der Waals surface area contributed by atoms with E-state index in [9.17, 15) is 19.2 Å². The maximum absolute atomic E-state index is 13.6. The van der Waals surface area contributed by atoms with E-state index in [4.69, 9.17) is 4.74 Å². The van der Waals surface area contributed by atoms with Gasteiger partial charge in [-0.1, -0.05) is 72.8 Å². The van der Waals surface area contributed by atoms with Crippen LogP contribution in [0.1, 0.15) is 31.8 Å². The highest BCUT2D eigenvalue weighted by Crippen LogP contribution is 2.35. The molecule has 0 atom stereocenters. The minimum absolute atomic E-state index is 0.0359. The van der Waals surface area contributed by atoms with Gasteiger partial charge in [0, 0.05) is 0 Å². The molecular weight excluding hydrogens is 446 g/mol. The minimum atomic E-state index is -1.32. The number of benzene rings is 3. The molecule has 1 fully saturated rings. The highest BCUT2D eigenvalue weighted by molar-refractivity contribution is 6.21. The van der Waals surface area contributed by atoms with Crippen molar-refractivity contribution < 1.29 is 23.9 Å². The molecular formula is C27H23N3O5. The normalized spacial score (nSPS) is 16.6. The van der Waals surface area contributed by atoms with Crippen molar-refractivity contribution >= 4 is 23.8 Å². The summed E-state index contributed by atoms with van der Waals surface area (Å²) in [5.74, 6) is -1.08. The smallest absolute Gasteiger partial charge is 0.325 e. The Kier molecular flexibility index (Phi) is 5.88. The van der Waals surface area contributed by atoms with E-state index in [2.05, 4.69) is 5.32 Å². The van der Waals surface area contributed by atoms with E-state index >= 15 is 0 Å². The molecule has 0 unspecified atom stereocenters. The van der Waals surface area contributed by atoms with Crippen molar-refractivity contribution in [3.63, 3.8) is 0 Å². The number of hydrogen-bond donors (Lipinski definition) is 1. The van der Waals surface area contributed by atoms with Gasteiger partial charge in [-0.3, -0.25) is 24.2 Å². The number of hydrogen-bond acceptors (Lipinski definition) is 5. The summed E-state index contributed by atoms with van der Waals surface area (Å²) in [6.07, 6.45) is 0. The molecule has 0 aromatic heterocycles. The summed E-state index contributed by atoms with van der Waals surface area (Å²) in [5, 5.41) is 2.89. The van der Waals surface area contributed by atoms with Gasteiger partial charge < -0.3 is 10.1 Å². The second-order valence-electron chi connectivity index (χ2n) is 8.29. The summed E-state index contributed by atoms with van der Waals surface area (Å²) in [6, 6.07) is 24.4. The van der Waals surface area contributed by atoms with Crippen molar-refractivity contribution in [2.24, 2.45) is 0 Å². The van der Waals surface area contributed by atoms with E-state index < -0.39 is 11.6 Å². The number of carbonyl (C=O) groups excluding carboxylic acids is 4. The lowest BCUT2D eigenvalue weighted by molar-refractivity contribution is -0.130.